The van der Waals surface area contributed by atoms with Crippen LogP contribution >= 0.6 is 0 Å². The molecule has 0 fully saturated rings. The van der Waals surface area contributed by atoms with Gasteiger partial charge in [0, 0.05) is 31.5 Å². The van der Waals surface area contributed by atoms with Crippen LogP contribution in [-0.2, 0) is 30.3 Å². The van der Waals surface area contributed by atoms with Crippen LogP contribution < -0.4 is 5.73 Å². The van der Waals surface area contributed by atoms with E-state index in [4.69, 9.17) is 15.2 Å². The number of unbranched alkanes of at least 4 members (excludes halogenated alkanes) is 22. The summed E-state index contributed by atoms with van der Waals surface area (Å²) in [6.45, 7) is 5.24. The van der Waals surface area contributed by atoms with E-state index in [9.17, 15) is 14.4 Å². The fourth-order valence-electron chi connectivity index (χ4n) is 6.77. The smallest absolute Gasteiger partial charge is 0.305 e. The second-order valence-corrected chi connectivity index (χ2v) is 16.1. The third-order valence-corrected chi connectivity index (χ3v) is 10.5. The molecular formula is C50H84N2O5. The Balaban J connectivity index is 2.34. The van der Waals surface area contributed by atoms with Gasteiger partial charge in [-0.2, -0.15) is 0 Å². The van der Waals surface area contributed by atoms with Gasteiger partial charge in [-0.25, -0.2) is 0 Å². The summed E-state index contributed by atoms with van der Waals surface area (Å²) in [6, 6.07) is 7.25. The van der Waals surface area contributed by atoms with Crippen LogP contribution in [0.1, 0.15) is 205 Å². The normalized spacial score (nSPS) is 12.4. The third kappa shape index (κ3) is 34.7. The second kappa shape index (κ2) is 39.8. The molecule has 324 valence electrons. The minimum absolute atomic E-state index is 0.171. The van der Waals surface area contributed by atoms with Crippen molar-refractivity contribution in [3.05, 3.63) is 59.7 Å². The molecule has 1 aromatic rings. The number of aliphatic imine (C=N–C) groups is 1. The molecule has 7 nitrogen and oxygen atoms in total. The highest BCUT2D eigenvalue weighted by Crippen LogP contribution is 2.13. The molecule has 0 radical (unpaired) electrons. The number of allylic oxidation sites excluding steroid dienone is 4. The molecule has 1 rings (SSSR count). The van der Waals surface area contributed by atoms with Gasteiger partial charge in [0.05, 0.1) is 19.3 Å². The van der Waals surface area contributed by atoms with E-state index < -0.39 is 6.04 Å². The van der Waals surface area contributed by atoms with Gasteiger partial charge in [-0.3, -0.25) is 14.6 Å². The number of hydrogen-bond donors (Lipinski definition) is 1. The lowest BCUT2D eigenvalue weighted by molar-refractivity contribution is -0.148. The Morgan fingerprint density at radius 2 is 0.965 bits per heavy atom. The SMILES string of the molecule is CCCCCCCC/C=C\CCCCCCCC(=O)OCC(C/N=C\c1ccc(CC(N)C=O)cc1)COC(=O)CCCCCCC/C=C\CCCCCCCC. The molecule has 0 amide bonds. The maximum Gasteiger partial charge on any atom is 0.305 e. The molecule has 0 aliphatic carbocycles. The Morgan fingerprint density at radius 1 is 0.579 bits per heavy atom. The summed E-state index contributed by atoms with van der Waals surface area (Å²) in [6.07, 6.45) is 44.8. The number of carbonyl (C=O) groups excluding carboxylic acids is 3. The molecule has 0 aliphatic rings. The lowest BCUT2D eigenvalue weighted by Crippen LogP contribution is -2.24. The molecule has 0 saturated heterocycles. The van der Waals surface area contributed by atoms with Crippen LogP contribution in [0, 0.1) is 5.92 Å². The lowest BCUT2D eigenvalue weighted by Gasteiger charge is -2.15. The van der Waals surface area contributed by atoms with E-state index in [0.29, 0.717) is 25.8 Å². The molecule has 0 aromatic heterocycles. The van der Waals surface area contributed by atoms with Gasteiger partial charge < -0.3 is 20.0 Å². The number of rotatable bonds is 40. The van der Waals surface area contributed by atoms with E-state index in [-0.39, 0.29) is 31.1 Å². The van der Waals surface area contributed by atoms with Crippen LogP contribution in [0.2, 0.25) is 0 Å². The highest BCUT2D eigenvalue weighted by molar-refractivity contribution is 5.79. The summed E-state index contributed by atoms with van der Waals surface area (Å²) in [7, 11) is 0. The largest absolute Gasteiger partial charge is 0.465 e. The minimum Gasteiger partial charge on any atom is -0.465 e. The first-order valence-electron chi connectivity index (χ1n) is 23.4. The average Bonchev–Trinajstić information content (AvgIpc) is 3.22. The first kappa shape index (κ1) is 52.0. The average molecular weight is 793 g/mol. The van der Waals surface area contributed by atoms with E-state index in [1.807, 2.05) is 24.3 Å². The van der Waals surface area contributed by atoms with Crippen LogP contribution in [0.3, 0.4) is 0 Å². The molecule has 0 bridgehead atoms. The van der Waals surface area contributed by atoms with E-state index >= 15 is 0 Å². The maximum absolute atomic E-state index is 12.6. The summed E-state index contributed by atoms with van der Waals surface area (Å²) in [5.41, 5.74) is 7.66. The number of nitrogens with two attached hydrogens (primary N) is 1. The van der Waals surface area contributed by atoms with Crippen LogP contribution in [0.15, 0.2) is 53.6 Å². The Kier molecular flexibility index (Phi) is 36.2. The Labute approximate surface area is 349 Å². The fourth-order valence-corrected chi connectivity index (χ4v) is 6.77. The number of hydrogen-bond acceptors (Lipinski definition) is 7. The number of carbonyl (C=O) groups is 3. The van der Waals surface area contributed by atoms with Crippen molar-refractivity contribution in [1.29, 1.82) is 0 Å². The molecule has 0 heterocycles. The molecular weight excluding hydrogens is 709 g/mol. The van der Waals surface area contributed by atoms with E-state index in [1.165, 1.54) is 116 Å². The first-order valence-corrected chi connectivity index (χ1v) is 23.4. The van der Waals surface area contributed by atoms with Crippen molar-refractivity contribution in [3.8, 4) is 0 Å². The van der Waals surface area contributed by atoms with Crippen molar-refractivity contribution < 1.29 is 23.9 Å². The van der Waals surface area contributed by atoms with E-state index in [1.54, 1.807) is 6.21 Å². The number of esters is 2. The molecule has 2 N–H and O–H groups in total. The van der Waals surface area contributed by atoms with Gasteiger partial charge in [0.1, 0.15) is 6.29 Å². The number of ether oxygens (including phenoxy) is 2. The topological polar surface area (TPSA) is 108 Å². The molecule has 0 saturated carbocycles. The third-order valence-electron chi connectivity index (χ3n) is 10.5. The summed E-state index contributed by atoms with van der Waals surface area (Å²) in [5.74, 6) is -0.627. The van der Waals surface area contributed by atoms with Gasteiger partial charge in [0.15, 0.2) is 0 Å². The van der Waals surface area contributed by atoms with Crippen LogP contribution in [0.25, 0.3) is 0 Å². The van der Waals surface area contributed by atoms with Gasteiger partial charge in [0.25, 0.3) is 0 Å². The van der Waals surface area contributed by atoms with Gasteiger partial charge in [-0.15, -0.1) is 0 Å². The summed E-state index contributed by atoms with van der Waals surface area (Å²) in [4.78, 5) is 40.7. The molecule has 57 heavy (non-hydrogen) atoms. The van der Waals surface area contributed by atoms with Gasteiger partial charge >= 0.3 is 11.9 Å². The fraction of sp³-hybridized carbons (Fsp3) is 0.720. The monoisotopic (exact) mass is 793 g/mol. The zero-order valence-corrected chi connectivity index (χ0v) is 36.6. The first-order chi connectivity index (χ1) is 28.0. The molecule has 1 unspecified atom stereocenters. The predicted molar refractivity (Wildman–Crippen MR) is 241 cm³/mol. The molecule has 0 aliphatic heterocycles. The highest BCUT2D eigenvalue weighted by Gasteiger charge is 2.15. The Morgan fingerprint density at radius 3 is 1.37 bits per heavy atom. The molecule has 7 heteroatoms. The van der Waals surface area contributed by atoms with Crippen molar-refractivity contribution in [2.24, 2.45) is 16.6 Å². The number of nitrogens with zero attached hydrogens (tertiary/aromatic N) is 1. The zero-order valence-electron chi connectivity index (χ0n) is 36.6. The van der Waals surface area contributed by atoms with Gasteiger partial charge in [-0.05, 0) is 81.8 Å². The molecule has 1 aromatic carbocycles. The Hall–Kier alpha value is -3.06. The second-order valence-electron chi connectivity index (χ2n) is 16.1. The summed E-state index contributed by atoms with van der Waals surface area (Å²) >= 11 is 0. The van der Waals surface area contributed by atoms with Crippen molar-refractivity contribution in [1.82, 2.24) is 0 Å². The van der Waals surface area contributed by atoms with E-state index in [2.05, 4.69) is 43.1 Å². The number of benzene rings is 1. The van der Waals surface area contributed by atoms with Crippen molar-refractivity contribution in [3.63, 3.8) is 0 Å². The van der Waals surface area contributed by atoms with Crippen LogP contribution in [-0.4, -0.2) is 50.2 Å². The predicted octanol–water partition coefficient (Wildman–Crippen LogP) is 13.0. The molecule has 1 atom stereocenters. The quantitative estimate of drug-likeness (QED) is 0.0233. The van der Waals surface area contributed by atoms with Crippen LogP contribution in [0.4, 0.5) is 0 Å². The van der Waals surface area contributed by atoms with Gasteiger partial charge in [-0.1, -0.05) is 165 Å². The summed E-state index contributed by atoms with van der Waals surface area (Å²) < 4.78 is 11.3. The molecule has 0 spiro atoms. The highest BCUT2D eigenvalue weighted by atomic mass is 16.5. The summed E-state index contributed by atoms with van der Waals surface area (Å²) in [5, 5.41) is 0. The van der Waals surface area contributed by atoms with Gasteiger partial charge in [0.2, 0.25) is 0 Å². The minimum atomic E-state index is -0.510. The van der Waals surface area contributed by atoms with Crippen molar-refractivity contribution in [2.75, 3.05) is 19.8 Å². The Bertz CT molecular complexity index is 1120. The van der Waals surface area contributed by atoms with E-state index in [0.717, 1.165) is 68.8 Å². The lowest BCUT2D eigenvalue weighted by atomic mass is 10.1. The van der Waals surface area contributed by atoms with Crippen molar-refractivity contribution >= 4 is 24.4 Å². The van der Waals surface area contributed by atoms with Crippen molar-refractivity contribution in [2.45, 2.75) is 206 Å². The number of aldehydes is 1. The zero-order chi connectivity index (χ0) is 41.3. The van der Waals surface area contributed by atoms with Crippen LogP contribution in [0.5, 0.6) is 0 Å². The maximum atomic E-state index is 12.6. The standard InChI is InChI=1S/C50H84N2O5/c1-3-5-7-9-11-13-15-17-19-21-23-25-27-29-31-33-49(54)56-43-47(41-52-40-46-37-35-45(36-38-46)39-48(51)42-53)44-57-50(55)34-32-30-28-26-24-22-20-18-16-14-12-10-8-6-4-2/h17-20,35-38,40,42,47-48H,3-16,21-34,39,41,43-44,51H2,1-2H3/b19-17-,20-18-,52-40-.